The quantitative estimate of drug-likeness (QED) is 0.342. The molecule has 4 heteroatoms. The third kappa shape index (κ3) is 7.54. The van der Waals surface area contributed by atoms with Crippen LogP contribution in [0.15, 0.2) is 30.1 Å². The SMILES string of the molecule is CCCC1CCC(/C(F)=C(\F)c2ccc(OCCCCCCOC)cc2)CC1. The molecular weight excluding hydrogens is 358 g/mol. The predicted octanol–water partition coefficient (Wildman–Crippen LogP) is 7.49. The van der Waals surface area contributed by atoms with Crippen LogP contribution in [0.2, 0.25) is 0 Å². The Morgan fingerprint density at radius 2 is 1.57 bits per heavy atom. The van der Waals surface area contributed by atoms with Crippen LogP contribution < -0.4 is 4.74 Å². The van der Waals surface area contributed by atoms with E-state index in [1.54, 1.807) is 31.4 Å². The molecule has 1 saturated carbocycles. The fourth-order valence-electron chi connectivity index (χ4n) is 4.02. The van der Waals surface area contributed by atoms with E-state index in [9.17, 15) is 8.78 Å². The highest BCUT2D eigenvalue weighted by Gasteiger charge is 2.26. The van der Waals surface area contributed by atoms with Crippen LogP contribution in [0.5, 0.6) is 5.75 Å². The van der Waals surface area contributed by atoms with Gasteiger partial charge in [0.05, 0.1) is 6.61 Å². The van der Waals surface area contributed by atoms with Crippen LogP contribution in [0.1, 0.15) is 76.7 Å². The molecule has 0 spiro atoms. The second kappa shape index (κ2) is 12.9. The third-order valence-electron chi connectivity index (χ3n) is 5.73. The van der Waals surface area contributed by atoms with Crippen molar-refractivity contribution >= 4 is 5.83 Å². The van der Waals surface area contributed by atoms with Crippen LogP contribution in [0, 0.1) is 11.8 Å². The van der Waals surface area contributed by atoms with Crippen molar-refractivity contribution in [2.45, 2.75) is 71.1 Å². The van der Waals surface area contributed by atoms with E-state index in [-0.39, 0.29) is 5.92 Å². The first-order valence-electron chi connectivity index (χ1n) is 10.9. The molecule has 0 bridgehead atoms. The first-order chi connectivity index (χ1) is 13.7. The highest BCUT2D eigenvalue weighted by molar-refractivity contribution is 5.62. The zero-order valence-electron chi connectivity index (χ0n) is 17.5. The topological polar surface area (TPSA) is 18.5 Å². The Hall–Kier alpha value is -1.42. The van der Waals surface area contributed by atoms with E-state index in [0.29, 0.717) is 23.8 Å². The molecule has 0 aliphatic heterocycles. The van der Waals surface area contributed by atoms with Gasteiger partial charge in [-0.15, -0.1) is 0 Å². The molecule has 1 aliphatic carbocycles. The van der Waals surface area contributed by atoms with Crippen molar-refractivity contribution in [1.82, 2.24) is 0 Å². The Morgan fingerprint density at radius 1 is 0.929 bits per heavy atom. The summed E-state index contributed by atoms with van der Waals surface area (Å²) >= 11 is 0. The summed E-state index contributed by atoms with van der Waals surface area (Å²) < 4.78 is 39.9. The van der Waals surface area contributed by atoms with Gasteiger partial charge >= 0.3 is 0 Å². The smallest absolute Gasteiger partial charge is 0.162 e. The van der Waals surface area contributed by atoms with Crippen molar-refractivity contribution in [2.24, 2.45) is 11.8 Å². The van der Waals surface area contributed by atoms with Crippen LogP contribution >= 0.6 is 0 Å². The molecule has 0 aromatic heterocycles. The van der Waals surface area contributed by atoms with E-state index >= 15 is 0 Å². The minimum atomic E-state index is -0.705. The third-order valence-corrected chi connectivity index (χ3v) is 5.73. The molecule has 0 unspecified atom stereocenters. The van der Waals surface area contributed by atoms with Crippen molar-refractivity contribution in [3.8, 4) is 5.75 Å². The van der Waals surface area contributed by atoms with Gasteiger partial charge in [0.15, 0.2) is 5.83 Å². The molecule has 158 valence electrons. The lowest BCUT2D eigenvalue weighted by Crippen LogP contribution is -2.15. The van der Waals surface area contributed by atoms with Gasteiger partial charge in [0, 0.05) is 25.2 Å². The van der Waals surface area contributed by atoms with E-state index in [1.807, 2.05) is 0 Å². The molecule has 1 fully saturated rings. The van der Waals surface area contributed by atoms with E-state index in [4.69, 9.17) is 9.47 Å². The van der Waals surface area contributed by atoms with Crippen molar-refractivity contribution in [2.75, 3.05) is 20.3 Å². The van der Waals surface area contributed by atoms with Gasteiger partial charge in [-0.05, 0) is 75.1 Å². The van der Waals surface area contributed by atoms with Gasteiger partial charge in [-0.3, -0.25) is 0 Å². The average Bonchev–Trinajstić information content (AvgIpc) is 2.73. The van der Waals surface area contributed by atoms with Gasteiger partial charge in [-0.25, -0.2) is 8.78 Å². The summed E-state index contributed by atoms with van der Waals surface area (Å²) in [6.07, 6.45) is 10.2. The van der Waals surface area contributed by atoms with Crippen molar-refractivity contribution in [3.05, 3.63) is 35.7 Å². The Labute approximate surface area is 169 Å². The van der Waals surface area contributed by atoms with Gasteiger partial charge < -0.3 is 9.47 Å². The van der Waals surface area contributed by atoms with Crippen molar-refractivity contribution in [1.29, 1.82) is 0 Å². The number of methoxy groups -OCH3 is 1. The largest absolute Gasteiger partial charge is 0.494 e. The van der Waals surface area contributed by atoms with Crippen molar-refractivity contribution in [3.63, 3.8) is 0 Å². The van der Waals surface area contributed by atoms with Crippen LogP contribution in [-0.2, 0) is 4.74 Å². The number of halogens is 2. The molecule has 2 rings (SSSR count). The molecule has 2 nitrogen and oxygen atoms in total. The fourth-order valence-corrected chi connectivity index (χ4v) is 4.02. The lowest BCUT2D eigenvalue weighted by molar-refractivity contribution is 0.191. The van der Waals surface area contributed by atoms with E-state index < -0.39 is 11.7 Å². The van der Waals surface area contributed by atoms with E-state index in [1.165, 1.54) is 12.8 Å². The molecule has 0 amide bonds. The lowest BCUT2D eigenvalue weighted by atomic mass is 9.79. The lowest BCUT2D eigenvalue weighted by Gasteiger charge is -2.27. The van der Waals surface area contributed by atoms with Gasteiger partial charge in [0.25, 0.3) is 0 Å². The maximum atomic E-state index is 14.6. The van der Waals surface area contributed by atoms with Crippen LogP contribution in [0.3, 0.4) is 0 Å². The number of allylic oxidation sites excluding steroid dienone is 1. The summed E-state index contributed by atoms with van der Waals surface area (Å²) in [7, 11) is 1.72. The maximum Gasteiger partial charge on any atom is 0.162 e. The first kappa shape index (κ1) is 22.9. The number of rotatable bonds is 12. The molecule has 0 heterocycles. The Bertz CT molecular complexity index is 575. The summed E-state index contributed by atoms with van der Waals surface area (Å²) in [6, 6.07) is 6.69. The molecule has 1 aliphatic rings. The first-order valence-corrected chi connectivity index (χ1v) is 10.9. The number of ether oxygens (including phenoxy) is 2. The van der Waals surface area contributed by atoms with E-state index in [0.717, 1.165) is 58.0 Å². The number of benzene rings is 1. The molecular formula is C24H36F2O2. The standard InChI is InChI=1S/C24H36F2O2/c1-3-8-19-9-11-20(12-10-19)23(25)24(26)21-13-15-22(16-14-21)28-18-7-5-4-6-17-27-2/h13-16,19-20H,3-12,17-18H2,1-2H3/b24-23+. The van der Waals surface area contributed by atoms with Gasteiger partial charge in [0.1, 0.15) is 11.6 Å². The number of unbranched alkanes of at least 4 members (excludes halogenated alkanes) is 3. The van der Waals surface area contributed by atoms with Gasteiger partial charge in [-0.2, -0.15) is 0 Å². The van der Waals surface area contributed by atoms with Crippen LogP contribution in [-0.4, -0.2) is 20.3 Å². The normalized spacial score (nSPS) is 20.7. The minimum Gasteiger partial charge on any atom is -0.494 e. The zero-order valence-corrected chi connectivity index (χ0v) is 17.5. The Balaban J connectivity index is 1.79. The predicted molar refractivity (Wildman–Crippen MR) is 112 cm³/mol. The summed E-state index contributed by atoms with van der Waals surface area (Å²) in [4.78, 5) is 0. The average molecular weight is 395 g/mol. The summed E-state index contributed by atoms with van der Waals surface area (Å²) in [6.45, 7) is 3.63. The fraction of sp³-hybridized carbons (Fsp3) is 0.667. The Morgan fingerprint density at radius 3 is 2.18 bits per heavy atom. The summed E-state index contributed by atoms with van der Waals surface area (Å²) in [5, 5.41) is 0. The van der Waals surface area contributed by atoms with Gasteiger partial charge in [-0.1, -0.05) is 26.2 Å². The molecule has 0 N–H and O–H groups in total. The minimum absolute atomic E-state index is 0.262. The summed E-state index contributed by atoms with van der Waals surface area (Å²) in [5.74, 6) is -0.145. The molecule has 0 saturated heterocycles. The maximum absolute atomic E-state index is 14.6. The van der Waals surface area contributed by atoms with Crippen LogP contribution in [0.4, 0.5) is 8.78 Å². The van der Waals surface area contributed by atoms with E-state index in [2.05, 4.69) is 6.92 Å². The molecule has 1 aromatic rings. The molecule has 0 atom stereocenters. The zero-order chi connectivity index (χ0) is 20.2. The Kier molecular flexibility index (Phi) is 10.6. The van der Waals surface area contributed by atoms with Crippen LogP contribution in [0.25, 0.3) is 5.83 Å². The second-order valence-electron chi connectivity index (χ2n) is 7.95. The van der Waals surface area contributed by atoms with Crippen molar-refractivity contribution < 1.29 is 18.3 Å². The molecule has 1 aromatic carbocycles. The highest BCUT2D eigenvalue weighted by atomic mass is 19.2. The highest BCUT2D eigenvalue weighted by Crippen LogP contribution is 2.39. The summed E-state index contributed by atoms with van der Waals surface area (Å²) in [5.41, 5.74) is 0.306. The number of hydrogen-bond acceptors (Lipinski definition) is 2. The second-order valence-corrected chi connectivity index (χ2v) is 7.95. The molecule has 28 heavy (non-hydrogen) atoms. The molecule has 0 radical (unpaired) electrons. The number of hydrogen-bond donors (Lipinski definition) is 0. The van der Waals surface area contributed by atoms with Gasteiger partial charge in [0.2, 0.25) is 0 Å². The monoisotopic (exact) mass is 394 g/mol.